The second-order valence-electron chi connectivity index (χ2n) is 6.28. The molecule has 2 heterocycles. The second kappa shape index (κ2) is 8.59. The van der Waals surface area contributed by atoms with Crippen LogP contribution in [0.15, 0.2) is 71.2 Å². The average molecular weight is 434 g/mol. The number of thiazole rings is 1. The van der Waals surface area contributed by atoms with E-state index in [1.54, 1.807) is 24.3 Å². The highest BCUT2D eigenvalue weighted by Crippen LogP contribution is 2.29. The van der Waals surface area contributed by atoms with Crippen molar-refractivity contribution in [3.05, 3.63) is 88.2 Å². The molecule has 0 atom stereocenters. The molecule has 0 bridgehead atoms. The summed E-state index contributed by atoms with van der Waals surface area (Å²) < 4.78 is 5.64. The fourth-order valence-corrected chi connectivity index (χ4v) is 3.59. The Hall–Kier alpha value is -4.31. The maximum absolute atomic E-state index is 12.2. The molecule has 0 saturated carbocycles. The molecule has 0 radical (unpaired) electrons. The lowest BCUT2D eigenvalue weighted by Crippen LogP contribution is -2.10. The summed E-state index contributed by atoms with van der Waals surface area (Å²) in [5.41, 5.74) is 2.02. The van der Waals surface area contributed by atoms with Crippen LogP contribution >= 0.6 is 11.3 Å². The van der Waals surface area contributed by atoms with Crippen molar-refractivity contribution in [3.63, 3.8) is 0 Å². The minimum atomic E-state index is -0.717. The zero-order valence-corrected chi connectivity index (χ0v) is 16.6. The van der Waals surface area contributed by atoms with Gasteiger partial charge < -0.3 is 9.73 Å². The topological polar surface area (TPSA) is 127 Å². The Kier molecular flexibility index (Phi) is 5.54. The molecule has 2 N–H and O–H groups in total. The minimum Gasteiger partial charge on any atom is -0.395 e. The third kappa shape index (κ3) is 4.82. The molecule has 9 nitrogen and oxygen atoms in total. The number of carbonyl (C=O) groups is 2. The summed E-state index contributed by atoms with van der Waals surface area (Å²) in [6.07, 6.45) is 3.13. The van der Waals surface area contributed by atoms with E-state index in [2.05, 4.69) is 15.6 Å². The number of aromatic nitrogens is 1. The van der Waals surface area contributed by atoms with Crippen molar-refractivity contribution in [2.24, 2.45) is 0 Å². The van der Waals surface area contributed by atoms with Gasteiger partial charge in [-0.1, -0.05) is 41.7 Å². The normalized spacial score (nSPS) is 11.0. The standard InChI is InChI=1S/C21H14N4O5S/c26-18(10-6-13-4-2-1-3-5-13)24-21-23-15-8-7-14(12-17(15)31-21)22-20(27)16-9-11-19(30-16)25(28)29/h1-12H,(H,22,27)(H,23,24,26). The van der Waals surface area contributed by atoms with Crippen LogP contribution in [0.4, 0.5) is 16.7 Å². The molecule has 0 aliphatic heterocycles. The number of amides is 2. The number of rotatable bonds is 6. The fourth-order valence-electron chi connectivity index (χ4n) is 2.68. The van der Waals surface area contributed by atoms with Gasteiger partial charge in [0.2, 0.25) is 5.91 Å². The summed E-state index contributed by atoms with van der Waals surface area (Å²) in [4.78, 5) is 38.7. The van der Waals surface area contributed by atoms with Crippen LogP contribution in [0.1, 0.15) is 16.1 Å². The predicted molar refractivity (Wildman–Crippen MR) is 117 cm³/mol. The van der Waals surface area contributed by atoms with Gasteiger partial charge in [0.1, 0.15) is 4.92 Å². The Balaban J connectivity index is 1.44. The van der Waals surface area contributed by atoms with Crippen LogP contribution in [0.5, 0.6) is 0 Å². The Morgan fingerprint density at radius 1 is 1.06 bits per heavy atom. The number of anilines is 2. The van der Waals surface area contributed by atoms with E-state index in [-0.39, 0.29) is 11.7 Å². The van der Waals surface area contributed by atoms with Gasteiger partial charge in [-0.25, -0.2) is 4.98 Å². The van der Waals surface area contributed by atoms with Crippen LogP contribution in [-0.2, 0) is 4.79 Å². The number of nitro groups is 1. The summed E-state index contributed by atoms with van der Waals surface area (Å²) in [6, 6.07) is 16.8. The first-order chi connectivity index (χ1) is 15.0. The molecule has 0 aliphatic carbocycles. The van der Waals surface area contributed by atoms with Gasteiger partial charge >= 0.3 is 5.88 Å². The molecule has 0 spiro atoms. The van der Waals surface area contributed by atoms with Crippen LogP contribution < -0.4 is 10.6 Å². The zero-order valence-electron chi connectivity index (χ0n) is 15.8. The lowest BCUT2D eigenvalue weighted by atomic mass is 10.2. The monoisotopic (exact) mass is 434 g/mol. The van der Waals surface area contributed by atoms with E-state index in [9.17, 15) is 19.7 Å². The van der Waals surface area contributed by atoms with Crippen molar-refractivity contribution in [2.45, 2.75) is 0 Å². The molecule has 10 heteroatoms. The van der Waals surface area contributed by atoms with Crippen LogP contribution in [0, 0.1) is 10.1 Å². The van der Waals surface area contributed by atoms with E-state index < -0.39 is 16.7 Å². The Labute approximate surface area is 179 Å². The molecule has 4 aromatic rings. The lowest BCUT2D eigenvalue weighted by molar-refractivity contribution is -0.402. The third-order valence-electron chi connectivity index (χ3n) is 4.10. The lowest BCUT2D eigenvalue weighted by Gasteiger charge is -2.02. The summed E-state index contributed by atoms with van der Waals surface area (Å²) in [5, 5.41) is 16.4. The maximum atomic E-state index is 12.2. The van der Waals surface area contributed by atoms with Crippen LogP contribution in [0.25, 0.3) is 16.3 Å². The van der Waals surface area contributed by atoms with E-state index in [0.717, 1.165) is 16.3 Å². The van der Waals surface area contributed by atoms with Crippen LogP contribution in [0.3, 0.4) is 0 Å². The van der Waals surface area contributed by atoms with Gasteiger partial charge in [-0.2, -0.15) is 0 Å². The van der Waals surface area contributed by atoms with E-state index >= 15 is 0 Å². The van der Waals surface area contributed by atoms with Gasteiger partial charge in [0.05, 0.1) is 16.3 Å². The van der Waals surface area contributed by atoms with Crippen molar-refractivity contribution in [1.29, 1.82) is 0 Å². The first-order valence-corrected chi connectivity index (χ1v) is 9.80. The molecule has 2 aromatic heterocycles. The number of nitrogens with zero attached hydrogens (tertiary/aromatic N) is 2. The second-order valence-corrected chi connectivity index (χ2v) is 7.31. The number of nitrogens with one attached hydrogen (secondary N) is 2. The molecular formula is C21H14N4O5S. The quantitative estimate of drug-likeness (QED) is 0.257. The number of carbonyl (C=O) groups excluding carboxylic acids is 2. The molecule has 0 unspecified atom stereocenters. The Bertz CT molecular complexity index is 1310. The van der Waals surface area contributed by atoms with E-state index in [4.69, 9.17) is 4.42 Å². The van der Waals surface area contributed by atoms with E-state index in [1.165, 1.54) is 23.5 Å². The Morgan fingerprint density at radius 3 is 2.61 bits per heavy atom. The van der Waals surface area contributed by atoms with Crippen LogP contribution in [0.2, 0.25) is 0 Å². The summed E-state index contributed by atoms with van der Waals surface area (Å²) in [6.45, 7) is 0. The Morgan fingerprint density at radius 2 is 1.87 bits per heavy atom. The van der Waals surface area contributed by atoms with Gasteiger partial charge in [0.15, 0.2) is 10.9 Å². The van der Waals surface area contributed by atoms with E-state index in [0.29, 0.717) is 16.3 Å². The predicted octanol–water partition coefficient (Wildman–Crippen LogP) is 4.70. The van der Waals surface area contributed by atoms with Crippen molar-refractivity contribution in [3.8, 4) is 0 Å². The fraction of sp³-hybridized carbons (Fsp3) is 0. The number of hydrogen-bond acceptors (Lipinski definition) is 7. The molecular weight excluding hydrogens is 420 g/mol. The number of fused-ring (bicyclic) bond motifs is 1. The van der Waals surface area contributed by atoms with Crippen molar-refractivity contribution in [1.82, 2.24) is 4.98 Å². The first kappa shape index (κ1) is 20.0. The molecule has 2 amide bonds. The zero-order chi connectivity index (χ0) is 21.8. The summed E-state index contributed by atoms with van der Waals surface area (Å²) in [5.74, 6) is -1.61. The number of hydrogen-bond donors (Lipinski definition) is 2. The largest absolute Gasteiger partial charge is 0.433 e. The molecule has 0 fully saturated rings. The molecule has 2 aromatic carbocycles. The minimum absolute atomic E-state index is 0.172. The molecule has 0 saturated heterocycles. The van der Waals surface area contributed by atoms with Crippen molar-refractivity contribution in [2.75, 3.05) is 10.6 Å². The van der Waals surface area contributed by atoms with Gasteiger partial charge in [0, 0.05) is 11.8 Å². The summed E-state index contributed by atoms with van der Waals surface area (Å²) in [7, 11) is 0. The van der Waals surface area contributed by atoms with Crippen LogP contribution in [-0.4, -0.2) is 21.7 Å². The SMILES string of the molecule is O=C(C=Cc1ccccc1)Nc1nc2ccc(NC(=O)c3ccc([N+](=O)[O-])o3)cc2s1. The number of benzene rings is 2. The highest BCUT2D eigenvalue weighted by atomic mass is 32.1. The van der Waals surface area contributed by atoms with Gasteiger partial charge in [-0.3, -0.25) is 25.0 Å². The highest BCUT2D eigenvalue weighted by molar-refractivity contribution is 7.22. The highest BCUT2D eigenvalue weighted by Gasteiger charge is 2.17. The molecule has 0 aliphatic rings. The summed E-state index contributed by atoms with van der Waals surface area (Å²) >= 11 is 1.25. The van der Waals surface area contributed by atoms with E-state index in [1.807, 2.05) is 30.3 Å². The third-order valence-corrected chi connectivity index (χ3v) is 5.03. The average Bonchev–Trinajstić information content (AvgIpc) is 3.40. The number of furan rings is 1. The molecule has 31 heavy (non-hydrogen) atoms. The van der Waals surface area contributed by atoms with Gasteiger partial charge in [-0.15, -0.1) is 0 Å². The molecule has 154 valence electrons. The van der Waals surface area contributed by atoms with Gasteiger partial charge in [-0.05, 0) is 35.9 Å². The van der Waals surface area contributed by atoms with Crippen molar-refractivity contribution < 1.29 is 18.9 Å². The maximum Gasteiger partial charge on any atom is 0.433 e. The smallest absolute Gasteiger partial charge is 0.395 e. The first-order valence-electron chi connectivity index (χ1n) is 8.98. The van der Waals surface area contributed by atoms with Crippen molar-refractivity contribution >= 4 is 56.1 Å². The molecule has 4 rings (SSSR count). The van der Waals surface area contributed by atoms with Gasteiger partial charge in [0.25, 0.3) is 5.91 Å².